The fraction of sp³-hybridized carbons (Fsp3) is 0.273. The molecule has 160 valence electrons. The standard InChI is InChI=1S/C22H22N4O4S/c1-5-30-18-12-14(10-11-17(18)29-3)21-25(13(2)27)16-9-7-6-8-15(16)19-20(28)23-22(31-4)24-26(19)21/h6-12,21H,5H2,1-4H3. The number of anilines is 1. The van der Waals surface area contributed by atoms with E-state index in [2.05, 4.69) is 10.1 Å². The largest absolute Gasteiger partial charge is 0.854 e. The molecule has 31 heavy (non-hydrogen) atoms. The summed E-state index contributed by atoms with van der Waals surface area (Å²) in [4.78, 5) is 18.6. The molecule has 2 aromatic carbocycles. The van der Waals surface area contributed by atoms with Crippen molar-refractivity contribution in [3.8, 4) is 28.6 Å². The molecule has 1 unspecified atom stereocenters. The Labute approximate surface area is 184 Å². The average molecular weight is 439 g/mol. The van der Waals surface area contributed by atoms with Gasteiger partial charge in [0.15, 0.2) is 11.5 Å². The highest BCUT2D eigenvalue weighted by Crippen LogP contribution is 2.42. The van der Waals surface area contributed by atoms with Crippen molar-refractivity contribution in [3.63, 3.8) is 0 Å². The number of amides is 1. The molecule has 2 heterocycles. The molecule has 9 heteroatoms. The van der Waals surface area contributed by atoms with Gasteiger partial charge in [0.1, 0.15) is 0 Å². The van der Waals surface area contributed by atoms with Crippen molar-refractivity contribution in [1.29, 1.82) is 0 Å². The molecule has 0 radical (unpaired) electrons. The fourth-order valence-corrected chi connectivity index (χ4v) is 4.13. The summed E-state index contributed by atoms with van der Waals surface area (Å²) in [6, 6.07) is 12.7. The van der Waals surface area contributed by atoms with Crippen LogP contribution in [0, 0.1) is 0 Å². The Hall–Kier alpha value is -3.33. The highest BCUT2D eigenvalue weighted by Gasteiger charge is 2.44. The molecule has 1 amide bonds. The number of rotatable bonds is 5. The highest BCUT2D eigenvalue weighted by atomic mass is 32.2. The van der Waals surface area contributed by atoms with Gasteiger partial charge in [-0.3, -0.25) is 4.79 Å². The summed E-state index contributed by atoms with van der Waals surface area (Å²) < 4.78 is 12.7. The van der Waals surface area contributed by atoms with Gasteiger partial charge >= 0.3 is 0 Å². The molecule has 0 spiro atoms. The van der Waals surface area contributed by atoms with Crippen molar-refractivity contribution in [2.45, 2.75) is 25.2 Å². The topological polar surface area (TPSA) is 91.5 Å². The number of aromatic nitrogens is 3. The van der Waals surface area contributed by atoms with E-state index in [1.54, 1.807) is 35.1 Å². The van der Waals surface area contributed by atoms with Gasteiger partial charge in [-0.2, -0.15) is 0 Å². The summed E-state index contributed by atoms with van der Waals surface area (Å²) in [6.45, 7) is 3.84. The van der Waals surface area contributed by atoms with E-state index in [4.69, 9.17) is 9.47 Å². The number of thioether (sulfide) groups is 1. The monoisotopic (exact) mass is 438 g/mol. The quantitative estimate of drug-likeness (QED) is 0.447. The number of methoxy groups -OCH3 is 1. The first-order valence-corrected chi connectivity index (χ1v) is 11.0. The molecule has 8 nitrogen and oxygen atoms in total. The van der Waals surface area contributed by atoms with Crippen molar-refractivity contribution in [2.75, 3.05) is 24.9 Å². The van der Waals surface area contributed by atoms with Crippen LogP contribution in [0.2, 0.25) is 0 Å². The zero-order valence-corrected chi connectivity index (χ0v) is 18.5. The van der Waals surface area contributed by atoms with Gasteiger partial charge in [0.2, 0.25) is 5.91 Å². The van der Waals surface area contributed by atoms with Crippen molar-refractivity contribution < 1.29 is 24.1 Å². The van der Waals surface area contributed by atoms with Crippen LogP contribution in [-0.4, -0.2) is 36.0 Å². The van der Waals surface area contributed by atoms with Crippen molar-refractivity contribution in [2.24, 2.45) is 0 Å². The van der Waals surface area contributed by atoms with E-state index in [9.17, 15) is 9.90 Å². The van der Waals surface area contributed by atoms with Gasteiger partial charge in [-0.25, -0.2) is 9.88 Å². The molecule has 0 bridgehead atoms. The predicted molar refractivity (Wildman–Crippen MR) is 114 cm³/mol. The number of para-hydroxylation sites is 1. The average Bonchev–Trinajstić information content (AvgIpc) is 2.77. The third-order valence-electron chi connectivity index (χ3n) is 5.02. The Bertz CT molecular complexity index is 1150. The number of hydrogen-bond donors (Lipinski definition) is 0. The molecule has 0 aliphatic carbocycles. The van der Waals surface area contributed by atoms with Crippen LogP contribution >= 0.6 is 11.8 Å². The number of ether oxygens (including phenoxy) is 2. The van der Waals surface area contributed by atoms with Gasteiger partial charge in [-0.15, -0.1) is 0 Å². The molecular weight excluding hydrogens is 416 g/mol. The number of carbonyl (C=O) groups is 1. The highest BCUT2D eigenvalue weighted by molar-refractivity contribution is 7.98. The lowest BCUT2D eigenvalue weighted by atomic mass is 10.0. The summed E-state index contributed by atoms with van der Waals surface area (Å²) >= 11 is 1.27. The van der Waals surface area contributed by atoms with Gasteiger partial charge in [0.25, 0.3) is 17.0 Å². The number of nitrogens with zero attached hydrogens (tertiary/aromatic N) is 4. The van der Waals surface area contributed by atoms with Gasteiger partial charge in [-0.05, 0) is 43.5 Å². The molecule has 0 fully saturated rings. The van der Waals surface area contributed by atoms with E-state index in [0.717, 1.165) is 5.56 Å². The third kappa shape index (κ3) is 3.54. The second-order valence-corrected chi connectivity index (χ2v) is 7.59. The van der Waals surface area contributed by atoms with E-state index < -0.39 is 12.0 Å². The maximum atomic E-state index is 13.0. The number of benzene rings is 2. The molecule has 1 atom stereocenters. The fourth-order valence-electron chi connectivity index (χ4n) is 3.78. The molecule has 0 N–H and O–H groups in total. The first kappa shape index (κ1) is 20.9. The van der Waals surface area contributed by atoms with Crippen LogP contribution in [0.25, 0.3) is 11.3 Å². The molecule has 1 aliphatic heterocycles. The normalized spacial score (nSPS) is 14.6. The predicted octanol–water partition coefficient (Wildman–Crippen LogP) is 2.55. The second kappa shape index (κ2) is 8.43. The molecule has 0 saturated heterocycles. The lowest BCUT2D eigenvalue weighted by Gasteiger charge is -2.33. The molecule has 3 aromatic rings. The maximum absolute atomic E-state index is 13.0. The molecule has 1 aromatic heterocycles. The Morgan fingerprint density at radius 2 is 2.03 bits per heavy atom. The number of carbonyl (C=O) groups excluding carboxylic acids is 1. The van der Waals surface area contributed by atoms with Crippen molar-refractivity contribution in [1.82, 2.24) is 10.1 Å². The second-order valence-electron chi connectivity index (χ2n) is 6.82. The minimum Gasteiger partial charge on any atom is -0.854 e. The lowest BCUT2D eigenvalue weighted by molar-refractivity contribution is -0.764. The Balaban J connectivity index is 2.03. The van der Waals surface area contributed by atoms with Crippen LogP contribution < -0.4 is 24.2 Å². The van der Waals surface area contributed by atoms with Crippen molar-refractivity contribution in [3.05, 3.63) is 48.0 Å². The van der Waals surface area contributed by atoms with E-state index in [1.807, 2.05) is 37.3 Å². The SMILES string of the molecule is CCOc1cc(C2N(C(C)=O)c3ccccc3-c3c([O-])nc(SC)n[n+]32)ccc1OC. The first-order chi connectivity index (χ1) is 15.0. The summed E-state index contributed by atoms with van der Waals surface area (Å²) in [7, 11) is 1.57. The van der Waals surface area contributed by atoms with Crippen LogP contribution in [0.4, 0.5) is 5.69 Å². The number of hydrogen-bond acceptors (Lipinski definition) is 7. The number of fused-ring (bicyclic) bond motifs is 3. The zero-order valence-electron chi connectivity index (χ0n) is 17.7. The Kier molecular flexibility index (Phi) is 5.69. The Morgan fingerprint density at radius 1 is 1.26 bits per heavy atom. The van der Waals surface area contributed by atoms with Crippen LogP contribution in [0.3, 0.4) is 0 Å². The van der Waals surface area contributed by atoms with Gasteiger partial charge in [0, 0.05) is 17.6 Å². The van der Waals surface area contributed by atoms with E-state index in [1.165, 1.54) is 18.7 Å². The van der Waals surface area contributed by atoms with Gasteiger partial charge in [-0.1, -0.05) is 28.6 Å². The van der Waals surface area contributed by atoms with Crippen LogP contribution in [0.1, 0.15) is 25.6 Å². The van der Waals surface area contributed by atoms with Crippen LogP contribution in [0.5, 0.6) is 17.4 Å². The van der Waals surface area contributed by atoms with Crippen LogP contribution in [-0.2, 0) is 4.79 Å². The maximum Gasteiger partial charge on any atom is 0.293 e. The van der Waals surface area contributed by atoms with E-state index in [-0.39, 0.29) is 5.91 Å². The molecular formula is C22H22N4O4S. The van der Waals surface area contributed by atoms with E-state index >= 15 is 0 Å². The van der Waals surface area contributed by atoms with Gasteiger partial charge < -0.3 is 14.6 Å². The zero-order chi connectivity index (χ0) is 22.1. The summed E-state index contributed by atoms with van der Waals surface area (Å²) in [5, 5.41) is 17.9. The van der Waals surface area contributed by atoms with Crippen LogP contribution in [0.15, 0.2) is 47.6 Å². The van der Waals surface area contributed by atoms with E-state index in [0.29, 0.717) is 40.2 Å². The van der Waals surface area contributed by atoms with Crippen molar-refractivity contribution >= 4 is 23.4 Å². The molecule has 1 aliphatic rings. The summed E-state index contributed by atoms with van der Waals surface area (Å²) in [5.74, 6) is 0.562. The van der Waals surface area contributed by atoms with Gasteiger partial charge in [0.05, 0.1) is 30.8 Å². The first-order valence-electron chi connectivity index (χ1n) is 9.74. The summed E-state index contributed by atoms with van der Waals surface area (Å²) in [5.41, 5.74) is 2.31. The molecule has 0 saturated carbocycles. The lowest BCUT2D eigenvalue weighted by Crippen LogP contribution is -2.58. The smallest absolute Gasteiger partial charge is 0.293 e. The minimum atomic E-state index is -0.686. The third-order valence-corrected chi connectivity index (χ3v) is 5.56. The summed E-state index contributed by atoms with van der Waals surface area (Å²) in [6.07, 6.45) is 1.12. The minimum absolute atomic E-state index is 0.179. The Morgan fingerprint density at radius 3 is 2.71 bits per heavy atom. The molecule has 4 rings (SSSR count).